The lowest BCUT2D eigenvalue weighted by Crippen LogP contribution is -2.52. The van der Waals surface area contributed by atoms with E-state index in [0.29, 0.717) is 12.5 Å². The molecule has 1 fully saturated rings. The molecule has 1 saturated heterocycles. The van der Waals surface area contributed by atoms with E-state index >= 15 is 0 Å². The molecular formula is C28H39N3O3. The van der Waals surface area contributed by atoms with E-state index in [4.69, 9.17) is 4.74 Å². The third-order valence-corrected chi connectivity index (χ3v) is 6.13. The Kier molecular flexibility index (Phi) is 8.37. The summed E-state index contributed by atoms with van der Waals surface area (Å²) in [6.07, 6.45) is 1.73. The lowest BCUT2D eigenvalue weighted by atomic mass is 9.96. The Hall–Kier alpha value is -2.86. The van der Waals surface area contributed by atoms with Crippen LogP contribution in [0.5, 0.6) is 5.75 Å². The third kappa shape index (κ3) is 6.60. The fourth-order valence-corrected chi connectivity index (χ4v) is 4.29. The standard InChI is InChI=1S/C28H39N3O3/c1-19(2)21-11-13-22(14-12-21)25(26(32)30-28(3,4)5)31(27(33)24-8-7-17-29-24)18-20-9-15-23(34-6)16-10-20/h9-16,19,24-25,29H,7-8,17-18H2,1-6H3,(H,30,32). The van der Waals surface area contributed by atoms with Crippen LogP contribution in [0.15, 0.2) is 48.5 Å². The van der Waals surface area contributed by atoms with Gasteiger partial charge in [-0.1, -0.05) is 50.2 Å². The van der Waals surface area contributed by atoms with Crippen LogP contribution in [-0.2, 0) is 16.1 Å². The molecule has 34 heavy (non-hydrogen) atoms. The summed E-state index contributed by atoms with van der Waals surface area (Å²) in [6.45, 7) is 11.3. The molecule has 0 bridgehead atoms. The zero-order chi connectivity index (χ0) is 24.9. The highest BCUT2D eigenvalue weighted by Gasteiger charge is 2.37. The number of methoxy groups -OCH3 is 1. The fourth-order valence-electron chi connectivity index (χ4n) is 4.29. The van der Waals surface area contributed by atoms with Crippen LogP contribution in [0.4, 0.5) is 0 Å². The van der Waals surface area contributed by atoms with Gasteiger partial charge >= 0.3 is 0 Å². The average molecular weight is 466 g/mol. The van der Waals surface area contributed by atoms with Gasteiger partial charge in [-0.05, 0) is 74.9 Å². The van der Waals surface area contributed by atoms with Crippen molar-refractivity contribution in [1.29, 1.82) is 0 Å². The summed E-state index contributed by atoms with van der Waals surface area (Å²) in [5, 5.41) is 6.43. The quantitative estimate of drug-likeness (QED) is 0.600. The molecule has 1 aliphatic heterocycles. The van der Waals surface area contributed by atoms with Gasteiger partial charge in [-0.15, -0.1) is 0 Å². The molecule has 6 nitrogen and oxygen atoms in total. The number of hydrogen-bond donors (Lipinski definition) is 2. The zero-order valence-electron chi connectivity index (χ0n) is 21.4. The maximum Gasteiger partial charge on any atom is 0.247 e. The van der Waals surface area contributed by atoms with Crippen molar-refractivity contribution in [3.8, 4) is 5.75 Å². The lowest BCUT2D eigenvalue weighted by Gasteiger charge is -2.35. The van der Waals surface area contributed by atoms with Gasteiger partial charge in [0.2, 0.25) is 11.8 Å². The van der Waals surface area contributed by atoms with Gasteiger partial charge in [0.25, 0.3) is 0 Å². The summed E-state index contributed by atoms with van der Waals surface area (Å²) in [5.41, 5.74) is 2.53. The SMILES string of the molecule is COc1ccc(CN(C(=O)C2CCCN2)C(C(=O)NC(C)(C)C)c2ccc(C(C)C)cc2)cc1. The highest BCUT2D eigenvalue weighted by molar-refractivity contribution is 5.91. The summed E-state index contributed by atoms with van der Waals surface area (Å²) in [6, 6.07) is 14.7. The molecule has 0 saturated carbocycles. The Bertz CT molecular complexity index is 956. The van der Waals surface area contributed by atoms with Crippen LogP contribution >= 0.6 is 0 Å². The Morgan fingerprint density at radius 1 is 1.06 bits per heavy atom. The van der Waals surface area contributed by atoms with Crippen LogP contribution in [0, 0.1) is 0 Å². The molecule has 0 spiro atoms. The Morgan fingerprint density at radius 3 is 2.18 bits per heavy atom. The number of carbonyl (C=O) groups excluding carboxylic acids is 2. The van der Waals surface area contributed by atoms with Crippen molar-refractivity contribution >= 4 is 11.8 Å². The summed E-state index contributed by atoms with van der Waals surface area (Å²) in [5.74, 6) is 0.918. The summed E-state index contributed by atoms with van der Waals surface area (Å²) < 4.78 is 5.29. The minimum atomic E-state index is -0.738. The molecular weight excluding hydrogens is 426 g/mol. The number of nitrogens with zero attached hydrogens (tertiary/aromatic N) is 1. The van der Waals surface area contributed by atoms with Gasteiger partial charge in [0, 0.05) is 12.1 Å². The number of amides is 2. The molecule has 3 rings (SSSR count). The van der Waals surface area contributed by atoms with Crippen LogP contribution in [-0.4, -0.2) is 41.9 Å². The van der Waals surface area contributed by atoms with E-state index < -0.39 is 11.6 Å². The topological polar surface area (TPSA) is 70.7 Å². The van der Waals surface area contributed by atoms with E-state index in [-0.39, 0.29) is 17.9 Å². The van der Waals surface area contributed by atoms with Crippen LogP contribution in [0.1, 0.15) is 76.1 Å². The minimum absolute atomic E-state index is 0.0460. The number of benzene rings is 2. The van der Waals surface area contributed by atoms with Gasteiger partial charge in [-0.3, -0.25) is 9.59 Å². The molecule has 6 heteroatoms. The summed E-state index contributed by atoms with van der Waals surface area (Å²) in [4.78, 5) is 29.2. The van der Waals surface area contributed by atoms with Crippen LogP contribution in [0.3, 0.4) is 0 Å². The molecule has 1 heterocycles. The minimum Gasteiger partial charge on any atom is -0.497 e. The number of ether oxygens (including phenoxy) is 1. The third-order valence-electron chi connectivity index (χ3n) is 6.13. The highest BCUT2D eigenvalue weighted by Crippen LogP contribution is 2.28. The first-order valence-corrected chi connectivity index (χ1v) is 12.2. The van der Waals surface area contributed by atoms with Gasteiger partial charge < -0.3 is 20.3 Å². The molecule has 0 aliphatic carbocycles. The van der Waals surface area contributed by atoms with Crippen molar-refractivity contribution in [1.82, 2.24) is 15.5 Å². The molecule has 0 aromatic heterocycles. The predicted octanol–water partition coefficient (Wildman–Crippen LogP) is 4.56. The highest BCUT2D eigenvalue weighted by atomic mass is 16.5. The van der Waals surface area contributed by atoms with Crippen LogP contribution < -0.4 is 15.4 Å². The van der Waals surface area contributed by atoms with E-state index in [1.807, 2.05) is 57.2 Å². The molecule has 2 aromatic carbocycles. The molecule has 184 valence electrons. The second kappa shape index (κ2) is 11.0. The van der Waals surface area contributed by atoms with E-state index in [0.717, 1.165) is 36.3 Å². The van der Waals surface area contributed by atoms with Crippen molar-refractivity contribution in [2.75, 3.05) is 13.7 Å². The Morgan fingerprint density at radius 2 is 1.68 bits per heavy atom. The smallest absolute Gasteiger partial charge is 0.247 e. The van der Waals surface area contributed by atoms with Gasteiger partial charge in [-0.2, -0.15) is 0 Å². The van der Waals surface area contributed by atoms with Gasteiger partial charge in [0.15, 0.2) is 0 Å². The molecule has 2 amide bonds. The maximum atomic E-state index is 13.8. The first-order chi connectivity index (χ1) is 16.1. The van der Waals surface area contributed by atoms with Crippen LogP contribution in [0.25, 0.3) is 0 Å². The van der Waals surface area contributed by atoms with Crippen molar-refractivity contribution in [3.63, 3.8) is 0 Å². The van der Waals surface area contributed by atoms with Crippen LogP contribution in [0.2, 0.25) is 0 Å². The van der Waals surface area contributed by atoms with Gasteiger partial charge in [-0.25, -0.2) is 0 Å². The summed E-state index contributed by atoms with van der Waals surface area (Å²) in [7, 11) is 1.63. The zero-order valence-corrected chi connectivity index (χ0v) is 21.4. The average Bonchev–Trinajstić information content (AvgIpc) is 3.33. The van der Waals surface area contributed by atoms with E-state index in [1.165, 1.54) is 5.56 Å². The second-order valence-electron chi connectivity index (χ2n) is 10.4. The normalized spacial score (nSPS) is 16.9. The van der Waals surface area contributed by atoms with E-state index in [9.17, 15) is 9.59 Å². The number of rotatable bonds is 8. The Balaban J connectivity index is 2.04. The van der Waals surface area contributed by atoms with Gasteiger partial charge in [0.05, 0.1) is 13.2 Å². The molecule has 2 N–H and O–H groups in total. The summed E-state index contributed by atoms with van der Waals surface area (Å²) >= 11 is 0. The molecule has 1 aliphatic rings. The number of nitrogens with one attached hydrogen (secondary N) is 2. The van der Waals surface area contributed by atoms with Crippen molar-refractivity contribution in [2.24, 2.45) is 0 Å². The fraction of sp³-hybridized carbons (Fsp3) is 0.500. The maximum absolute atomic E-state index is 13.8. The monoisotopic (exact) mass is 465 g/mol. The van der Waals surface area contributed by atoms with Crippen molar-refractivity contribution in [2.45, 2.75) is 77.5 Å². The van der Waals surface area contributed by atoms with E-state index in [2.05, 4.69) is 36.6 Å². The molecule has 0 radical (unpaired) electrons. The molecule has 2 atom stereocenters. The lowest BCUT2D eigenvalue weighted by molar-refractivity contribution is -0.143. The molecule has 2 unspecified atom stereocenters. The molecule has 2 aromatic rings. The van der Waals surface area contributed by atoms with Crippen molar-refractivity contribution < 1.29 is 14.3 Å². The predicted molar refractivity (Wildman–Crippen MR) is 136 cm³/mol. The largest absolute Gasteiger partial charge is 0.497 e. The number of hydrogen-bond acceptors (Lipinski definition) is 4. The first kappa shape index (κ1) is 25.8. The first-order valence-electron chi connectivity index (χ1n) is 12.2. The number of carbonyl (C=O) groups is 2. The second-order valence-corrected chi connectivity index (χ2v) is 10.4. The Labute approximate surface area is 204 Å². The van der Waals surface area contributed by atoms with Crippen molar-refractivity contribution in [3.05, 3.63) is 65.2 Å². The van der Waals surface area contributed by atoms with Gasteiger partial charge in [0.1, 0.15) is 11.8 Å². The van der Waals surface area contributed by atoms with E-state index in [1.54, 1.807) is 12.0 Å².